The Morgan fingerprint density at radius 3 is 2.35 bits per heavy atom. The summed E-state index contributed by atoms with van der Waals surface area (Å²) in [4.78, 5) is 12.3. The van der Waals surface area contributed by atoms with Crippen LogP contribution >= 0.6 is 0 Å². The van der Waals surface area contributed by atoms with Gasteiger partial charge in [-0.25, -0.2) is 17.2 Å². The first-order chi connectivity index (χ1) is 14.8. The molecule has 0 aromatic heterocycles. The van der Waals surface area contributed by atoms with Gasteiger partial charge in [-0.15, -0.1) is 0 Å². The quantitative estimate of drug-likeness (QED) is 0.692. The summed E-state index contributed by atoms with van der Waals surface area (Å²) >= 11 is 0. The molecule has 1 fully saturated rings. The molecule has 2 aromatic rings. The number of hydrogen-bond acceptors (Lipinski definition) is 5. The SMILES string of the molecule is COc1ccc(S(=O)(=O)N2CCCCCC2)cc1NC(=O)COc1ccc(F)cc1F. The fraction of sp³-hybridized carbons (Fsp3) is 0.381. The number of amides is 1. The maximum atomic E-state index is 13.6. The first kappa shape index (κ1) is 23.0. The number of sulfonamides is 1. The van der Waals surface area contributed by atoms with Crippen molar-refractivity contribution in [2.45, 2.75) is 30.6 Å². The van der Waals surface area contributed by atoms with Crippen molar-refractivity contribution in [2.75, 3.05) is 32.1 Å². The third-order valence-electron chi connectivity index (χ3n) is 4.90. The summed E-state index contributed by atoms with van der Waals surface area (Å²) in [5.41, 5.74) is 0.145. The average molecular weight is 454 g/mol. The largest absolute Gasteiger partial charge is 0.495 e. The van der Waals surface area contributed by atoms with Gasteiger partial charge in [0.1, 0.15) is 11.6 Å². The third kappa shape index (κ3) is 5.71. The number of ether oxygens (including phenoxy) is 2. The van der Waals surface area contributed by atoms with Crippen LogP contribution in [0.1, 0.15) is 25.7 Å². The average Bonchev–Trinajstić information content (AvgIpc) is 3.03. The Labute approximate surface area is 180 Å². The van der Waals surface area contributed by atoms with Gasteiger partial charge < -0.3 is 14.8 Å². The van der Waals surface area contributed by atoms with Gasteiger partial charge in [-0.3, -0.25) is 4.79 Å². The summed E-state index contributed by atoms with van der Waals surface area (Å²) in [5.74, 6) is -2.37. The smallest absolute Gasteiger partial charge is 0.262 e. The van der Waals surface area contributed by atoms with Gasteiger partial charge in [0.25, 0.3) is 5.91 Å². The molecule has 31 heavy (non-hydrogen) atoms. The molecule has 0 saturated carbocycles. The van der Waals surface area contributed by atoms with Gasteiger partial charge in [-0.2, -0.15) is 4.31 Å². The number of hydrogen-bond donors (Lipinski definition) is 1. The number of benzene rings is 2. The van der Waals surface area contributed by atoms with Crippen LogP contribution in [0.4, 0.5) is 14.5 Å². The molecule has 0 spiro atoms. The minimum atomic E-state index is -3.72. The fourth-order valence-electron chi connectivity index (χ4n) is 3.30. The van der Waals surface area contributed by atoms with Crippen molar-refractivity contribution in [2.24, 2.45) is 0 Å². The normalized spacial score (nSPS) is 15.2. The second-order valence-electron chi connectivity index (χ2n) is 7.09. The Morgan fingerprint density at radius 1 is 1.03 bits per heavy atom. The van der Waals surface area contributed by atoms with Crippen LogP contribution in [0.15, 0.2) is 41.3 Å². The second-order valence-corrected chi connectivity index (χ2v) is 9.03. The van der Waals surface area contributed by atoms with E-state index in [0.29, 0.717) is 19.2 Å². The fourth-order valence-corrected chi connectivity index (χ4v) is 4.84. The highest BCUT2D eigenvalue weighted by atomic mass is 32.2. The van der Waals surface area contributed by atoms with E-state index in [0.717, 1.165) is 37.8 Å². The van der Waals surface area contributed by atoms with Gasteiger partial charge in [0.15, 0.2) is 18.2 Å². The number of methoxy groups -OCH3 is 1. The van der Waals surface area contributed by atoms with E-state index in [-0.39, 0.29) is 22.1 Å². The van der Waals surface area contributed by atoms with Crippen molar-refractivity contribution < 1.29 is 31.5 Å². The number of carbonyl (C=O) groups is 1. The lowest BCUT2D eigenvalue weighted by molar-refractivity contribution is -0.118. The predicted octanol–water partition coefficient (Wildman–Crippen LogP) is 3.56. The molecule has 168 valence electrons. The number of halogens is 2. The zero-order chi connectivity index (χ0) is 22.4. The van der Waals surface area contributed by atoms with Gasteiger partial charge in [0, 0.05) is 19.2 Å². The molecule has 0 atom stereocenters. The van der Waals surface area contributed by atoms with Crippen molar-refractivity contribution in [3.8, 4) is 11.5 Å². The van der Waals surface area contributed by atoms with Crippen LogP contribution in [-0.2, 0) is 14.8 Å². The van der Waals surface area contributed by atoms with Crippen LogP contribution in [0.2, 0.25) is 0 Å². The van der Waals surface area contributed by atoms with E-state index in [9.17, 15) is 22.0 Å². The van der Waals surface area contributed by atoms with Crippen LogP contribution in [0.25, 0.3) is 0 Å². The lowest BCUT2D eigenvalue weighted by atomic mass is 10.2. The summed E-state index contributed by atoms with van der Waals surface area (Å²) in [7, 11) is -2.34. The molecule has 0 bridgehead atoms. The Kier molecular flexibility index (Phi) is 7.45. The summed E-state index contributed by atoms with van der Waals surface area (Å²) in [6.45, 7) is 0.342. The van der Waals surface area contributed by atoms with E-state index in [2.05, 4.69) is 5.32 Å². The summed E-state index contributed by atoms with van der Waals surface area (Å²) in [6.07, 6.45) is 3.59. The minimum Gasteiger partial charge on any atom is -0.495 e. The topological polar surface area (TPSA) is 84.9 Å². The number of nitrogens with zero attached hydrogens (tertiary/aromatic N) is 1. The number of rotatable bonds is 7. The molecule has 7 nitrogen and oxygen atoms in total. The zero-order valence-electron chi connectivity index (χ0n) is 17.1. The monoisotopic (exact) mass is 454 g/mol. The minimum absolute atomic E-state index is 0.0380. The summed E-state index contributed by atoms with van der Waals surface area (Å²) in [6, 6.07) is 6.95. The number of carbonyl (C=O) groups excluding carboxylic acids is 1. The molecule has 0 unspecified atom stereocenters. The molecule has 3 rings (SSSR count). The van der Waals surface area contributed by atoms with Crippen LogP contribution in [0.3, 0.4) is 0 Å². The lowest BCUT2D eigenvalue weighted by Crippen LogP contribution is -2.32. The Bertz CT molecular complexity index is 1040. The summed E-state index contributed by atoms with van der Waals surface area (Å²) < 4.78 is 64.4. The second kappa shape index (κ2) is 10.1. The number of anilines is 1. The van der Waals surface area contributed by atoms with E-state index in [1.165, 1.54) is 29.6 Å². The standard InChI is InChI=1S/C21H24F2N2O5S/c1-29-20-9-7-16(31(27,28)25-10-4-2-3-5-11-25)13-18(20)24-21(26)14-30-19-8-6-15(22)12-17(19)23/h6-9,12-13H,2-5,10-11,14H2,1H3,(H,24,26). The van der Waals surface area contributed by atoms with Gasteiger partial charge in [-0.1, -0.05) is 12.8 Å². The van der Waals surface area contributed by atoms with Crippen molar-refractivity contribution in [1.82, 2.24) is 4.31 Å². The molecule has 0 aliphatic carbocycles. The molecule has 1 heterocycles. The molecule has 2 aromatic carbocycles. The molecular weight excluding hydrogens is 430 g/mol. The van der Waals surface area contributed by atoms with Crippen LogP contribution in [-0.4, -0.2) is 45.4 Å². The Balaban J connectivity index is 1.74. The first-order valence-electron chi connectivity index (χ1n) is 9.87. The molecule has 1 aliphatic rings. The van der Waals surface area contributed by atoms with E-state index >= 15 is 0 Å². The zero-order valence-corrected chi connectivity index (χ0v) is 17.9. The lowest BCUT2D eigenvalue weighted by Gasteiger charge is -2.21. The molecule has 10 heteroatoms. The first-order valence-corrected chi connectivity index (χ1v) is 11.3. The molecular formula is C21H24F2N2O5S. The third-order valence-corrected chi connectivity index (χ3v) is 6.80. The van der Waals surface area contributed by atoms with Crippen molar-refractivity contribution in [3.05, 3.63) is 48.0 Å². The molecule has 1 N–H and O–H groups in total. The molecule has 0 radical (unpaired) electrons. The van der Waals surface area contributed by atoms with E-state index < -0.39 is 34.2 Å². The Hall–Kier alpha value is -2.72. The van der Waals surface area contributed by atoms with Gasteiger partial charge >= 0.3 is 0 Å². The van der Waals surface area contributed by atoms with Gasteiger partial charge in [0.05, 0.1) is 17.7 Å². The molecule has 1 saturated heterocycles. The van der Waals surface area contributed by atoms with Crippen molar-refractivity contribution in [3.63, 3.8) is 0 Å². The maximum absolute atomic E-state index is 13.6. The highest BCUT2D eigenvalue weighted by Gasteiger charge is 2.26. The highest BCUT2D eigenvalue weighted by Crippen LogP contribution is 2.30. The highest BCUT2D eigenvalue weighted by molar-refractivity contribution is 7.89. The van der Waals surface area contributed by atoms with E-state index in [1.54, 1.807) is 0 Å². The van der Waals surface area contributed by atoms with Crippen molar-refractivity contribution >= 4 is 21.6 Å². The van der Waals surface area contributed by atoms with Gasteiger partial charge in [-0.05, 0) is 43.2 Å². The van der Waals surface area contributed by atoms with E-state index in [1.807, 2.05) is 0 Å². The van der Waals surface area contributed by atoms with Crippen LogP contribution in [0, 0.1) is 11.6 Å². The molecule has 1 aliphatic heterocycles. The molecule has 1 amide bonds. The maximum Gasteiger partial charge on any atom is 0.262 e. The van der Waals surface area contributed by atoms with Gasteiger partial charge in [0.2, 0.25) is 10.0 Å². The van der Waals surface area contributed by atoms with E-state index in [4.69, 9.17) is 9.47 Å². The van der Waals surface area contributed by atoms with Crippen molar-refractivity contribution in [1.29, 1.82) is 0 Å². The Morgan fingerprint density at radius 2 is 1.71 bits per heavy atom. The number of nitrogens with one attached hydrogen (secondary N) is 1. The summed E-state index contributed by atoms with van der Waals surface area (Å²) in [5, 5.41) is 2.52. The van der Waals surface area contributed by atoms with Crippen LogP contribution < -0.4 is 14.8 Å². The van der Waals surface area contributed by atoms with Crippen LogP contribution in [0.5, 0.6) is 11.5 Å². The predicted molar refractivity (Wildman–Crippen MR) is 111 cm³/mol.